The number of anilines is 3. The van der Waals surface area contributed by atoms with Gasteiger partial charge in [-0.2, -0.15) is 0 Å². The van der Waals surface area contributed by atoms with E-state index in [9.17, 15) is 4.39 Å². The fourth-order valence-electron chi connectivity index (χ4n) is 2.73. The predicted octanol–water partition coefficient (Wildman–Crippen LogP) is 4.94. The first-order chi connectivity index (χ1) is 12.5. The van der Waals surface area contributed by atoms with Gasteiger partial charge in [0.05, 0.1) is 0 Å². The van der Waals surface area contributed by atoms with Crippen LogP contribution in [0.3, 0.4) is 0 Å². The van der Waals surface area contributed by atoms with Crippen LogP contribution in [0.4, 0.5) is 21.7 Å². The lowest BCUT2D eigenvalue weighted by Gasteiger charge is -2.13. The summed E-state index contributed by atoms with van der Waals surface area (Å²) in [5.74, 6) is 2.02. The molecular weight excluding hydrogens is 327 g/mol. The highest BCUT2D eigenvalue weighted by molar-refractivity contribution is 5.63. The van der Waals surface area contributed by atoms with Gasteiger partial charge in [0.1, 0.15) is 23.3 Å². The summed E-state index contributed by atoms with van der Waals surface area (Å²) in [5.41, 5.74) is 4.56. The zero-order chi connectivity index (χ0) is 18.5. The first-order valence-corrected chi connectivity index (χ1v) is 8.68. The highest BCUT2D eigenvalue weighted by Crippen LogP contribution is 2.23. The third kappa shape index (κ3) is 4.57. The molecule has 1 heterocycles. The molecule has 134 valence electrons. The average Bonchev–Trinajstić information content (AvgIpc) is 2.60. The molecule has 0 atom stereocenters. The molecule has 26 heavy (non-hydrogen) atoms. The van der Waals surface area contributed by atoms with Crippen LogP contribution in [-0.2, 0) is 6.42 Å². The summed E-state index contributed by atoms with van der Waals surface area (Å²) in [7, 11) is 0. The van der Waals surface area contributed by atoms with Crippen molar-refractivity contribution < 1.29 is 4.39 Å². The van der Waals surface area contributed by atoms with Crippen LogP contribution in [0.5, 0.6) is 0 Å². The Kier molecular flexibility index (Phi) is 5.46. The number of nitrogens with one attached hydrogen (secondary N) is 2. The van der Waals surface area contributed by atoms with Crippen molar-refractivity contribution in [1.82, 2.24) is 9.97 Å². The highest BCUT2D eigenvalue weighted by atomic mass is 19.1. The Balaban J connectivity index is 1.67. The summed E-state index contributed by atoms with van der Waals surface area (Å²) < 4.78 is 13.0. The molecule has 0 saturated carbocycles. The molecule has 5 heteroatoms. The number of halogens is 1. The summed E-state index contributed by atoms with van der Waals surface area (Å²) in [4.78, 5) is 8.91. The first-order valence-electron chi connectivity index (χ1n) is 8.68. The minimum Gasteiger partial charge on any atom is -0.370 e. The second-order valence-corrected chi connectivity index (χ2v) is 6.36. The lowest BCUT2D eigenvalue weighted by molar-refractivity contribution is 0.627. The van der Waals surface area contributed by atoms with Crippen LogP contribution in [-0.4, -0.2) is 16.5 Å². The number of benzene rings is 2. The van der Waals surface area contributed by atoms with Crippen molar-refractivity contribution in [2.24, 2.45) is 0 Å². The number of hydrogen-bond acceptors (Lipinski definition) is 4. The molecule has 1 aromatic heterocycles. The Labute approximate surface area is 153 Å². The van der Waals surface area contributed by atoms with Crippen molar-refractivity contribution in [3.63, 3.8) is 0 Å². The topological polar surface area (TPSA) is 49.8 Å². The molecule has 0 fully saturated rings. The van der Waals surface area contributed by atoms with E-state index in [0.29, 0.717) is 12.4 Å². The van der Waals surface area contributed by atoms with Gasteiger partial charge in [-0.3, -0.25) is 0 Å². The number of hydrogen-bond donors (Lipinski definition) is 2. The lowest BCUT2D eigenvalue weighted by atomic mass is 10.1. The molecule has 3 rings (SSSR count). The molecule has 2 N–H and O–H groups in total. The molecule has 0 radical (unpaired) electrons. The van der Waals surface area contributed by atoms with Crippen molar-refractivity contribution in [3.05, 3.63) is 76.9 Å². The van der Waals surface area contributed by atoms with Gasteiger partial charge >= 0.3 is 0 Å². The minimum absolute atomic E-state index is 0.213. The molecule has 0 aliphatic carbocycles. The van der Waals surface area contributed by atoms with E-state index in [2.05, 4.69) is 40.5 Å². The van der Waals surface area contributed by atoms with E-state index >= 15 is 0 Å². The number of aromatic nitrogens is 2. The zero-order valence-electron chi connectivity index (χ0n) is 15.3. The third-order valence-corrected chi connectivity index (χ3v) is 4.34. The standard InChI is InChI=1S/C21H23FN4/c1-14-5-4-6-19(15(14)2)26-21-13-20(24-16(3)25-21)23-12-11-17-7-9-18(22)10-8-17/h4-10,13H,11-12H2,1-3H3,(H2,23,24,25,26). The maximum Gasteiger partial charge on any atom is 0.136 e. The summed E-state index contributed by atoms with van der Waals surface area (Å²) >= 11 is 0. The quantitative estimate of drug-likeness (QED) is 0.661. The molecule has 0 saturated heterocycles. The van der Waals surface area contributed by atoms with E-state index in [-0.39, 0.29) is 5.82 Å². The molecule has 0 amide bonds. The summed E-state index contributed by atoms with van der Waals surface area (Å²) in [6, 6.07) is 14.6. The Morgan fingerprint density at radius 1 is 0.923 bits per heavy atom. The number of aryl methyl sites for hydroxylation is 2. The van der Waals surface area contributed by atoms with Crippen LogP contribution >= 0.6 is 0 Å². The molecule has 0 unspecified atom stereocenters. The predicted molar refractivity (Wildman–Crippen MR) is 105 cm³/mol. The van der Waals surface area contributed by atoms with Gasteiger partial charge < -0.3 is 10.6 Å². The van der Waals surface area contributed by atoms with E-state index in [0.717, 1.165) is 29.3 Å². The largest absolute Gasteiger partial charge is 0.370 e. The molecule has 3 aromatic rings. The van der Waals surface area contributed by atoms with Crippen molar-refractivity contribution >= 4 is 17.3 Å². The SMILES string of the molecule is Cc1nc(NCCc2ccc(F)cc2)cc(Nc2cccc(C)c2C)n1. The van der Waals surface area contributed by atoms with Gasteiger partial charge in [-0.25, -0.2) is 14.4 Å². The van der Waals surface area contributed by atoms with Gasteiger partial charge in [0.15, 0.2) is 0 Å². The van der Waals surface area contributed by atoms with E-state index in [1.165, 1.54) is 23.3 Å². The van der Waals surface area contributed by atoms with E-state index in [4.69, 9.17) is 0 Å². The molecule has 0 bridgehead atoms. The number of rotatable bonds is 6. The summed E-state index contributed by atoms with van der Waals surface area (Å²) in [5, 5.41) is 6.69. The van der Waals surface area contributed by atoms with Crippen LogP contribution in [0.1, 0.15) is 22.5 Å². The summed E-state index contributed by atoms with van der Waals surface area (Å²) in [6.07, 6.45) is 0.795. The summed E-state index contributed by atoms with van der Waals surface area (Å²) in [6.45, 7) is 6.77. The fourth-order valence-corrected chi connectivity index (χ4v) is 2.73. The molecular formula is C21H23FN4. The smallest absolute Gasteiger partial charge is 0.136 e. The van der Waals surface area contributed by atoms with Crippen LogP contribution in [0.15, 0.2) is 48.5 Å². The molecule has 0 spiro atoms. The van der Waals surface area contributed by atoms with Gasteiger partial charge in [-0.15, -0.1) is 0 Å². The maximum absolute atomic E-state index is 13.0. The van der Waals surface area contributed by atoms with Gasteiger partial charge in [0.2, 0.25) is 0 Å². The minimum atomic E-state index is -0.213. The van der Waals surface area contributed by atoms with Crippen molar-refractivity contribution in [2.75, 3.05) is 17.2 Å². The average molecular weight is 350 g/mol. The normalized spacial score (nSPS) is 10.6. The Hall–Kier alpha value is -2.95. The van der Waals surface area contributed by atoms with Gasteiger partial charge in [-0.05, 0) is 62.1 Å². The third-order valence-electron chi connectivity index (χ3n) is 4.34. The van der Waals surface area contributed by atoms with Gasteiger partial charge in [0.25, 0.3) is 0 Å². The maximum atomic E-state index is 13.0. The molecule has 2 aromatic carbocycles. The first kappa shape index (κ1) is 17.9. The van der Waals surface area contributed by atoms with Crippen LogP contribution in [0.25, 0.3) is 0 Å². The van der Waals surface area contributed by atoms with E-state index in [1.54, 1.807) is 12.1 Å². The fraction of sp³-hybridized carbons (Fsp3) is 0.238. The van der Waals surface area contributed by atoms with Crippen molar-refractivity contribution in [2.45, 2.75) is 27.2 Å². The van der Waals surface area contributed by atoms with Crippen LogP contribution in [0, 0.1) is 26.6 Å². The Morgan fingerprint density at radius 3 is 2.42 bits per heavy atom. The van der Waals surface area contributed by atoms with Crippen LogP contribution < -0.4 is 10.6 Å². The van der Waals surface area contributed by atoms with E-state index < -0.39 is 0 Å². The van der Waals surface area contributed by atoms with Crippen molar-refractivity contribution in [3.8, 4) is 0 Å². The second-order valence-electron chi connectivity index (χ2n) is 6.36. The Morgan fingerprint density at radius 2 is 1.65 bits per heavy atom. The lowest BCUT2D eigenvalue weighted by Crippen LogP contribution is -2.08. The second kappa shape index (κ2) is 7.95. The van der Waals surface area contributed by atoms with E-state index in [1.807, 2.05) is 25.1 Å². The molecule has 0 aliphatic heterocycles. The monoisotopic (exact) mass is 350 g/mol. The van der Waals surface area contributed by atoms with Gasteiger partial charge in [0, 0.05) is 18.3 Å². The zero-order valence-corrected chi connectivity index (χ0v) is 15.3. The van der Waals surface area contributed by atoms with Gasteiger partial charge in [-0.1, -0.05) is 24.3 Å². The van der Waals surface area contributed by atoms with Crippen LogP contribution in [0.2, 0.25) is 0 Å². The molecule has 0 aliphatic rings. The van der Waals surface area contributed by atoms with Crippen molar-refractivity contribution in [1.29, 1.82) is 0 Å². The Bertz CT molecular complexity index is 891. The molecule has 4 nitrogen and oxygen atoms in total. The number of nitrogens with zero attached hydrogens (tertiary/aromatic N) is 2. The highest BCUT2D eigenvalue weighted by Gasteiger charge is 2.05.